The third kappa shape index (κ3) is 5.33. The van der Waals surface area contributed by atoms with Crippen molar-refractivity contribution < 1.29 is 18.3 Å². The summed E-state index contributed by atoms with van der Waals surface area (Å²) in [7, 11) is 0. The van der Waals surface area contributed by atoms with E-state index in [2.05, 4.69) is 30.9 Å². The summed E-state index contributed by atoms with van der Waals surface area (Å²) in [6.45, 7) is -2.87. The van der Waals surface area contributed by atoms with Crippen molar-refractivity contribution in [3.8, 4) is 5.75 Å². The molecule has 1 amide bonds. The van der Waals surface area contributed by atoms with Gasteiger partial charge in [-0.25, -0.2) is 0 Å². The van der Waals surface area contributed by atoms with Crippen molar-refractivity contribution >= 4 is 34.7 Å². The Kier molecular flexibility index (Phi) is 6.10. The fraction of sp³-hybridized carbons (Fsp3) is 0.316. The molecule has 2 aromatic heterocycles. The third-order valence-corrected chi connectivity index (χ3v) is 6.07. The molecule has 0 saturated heterocycles. The number of hydrogen-bond acceptors (Lipinski definition) is 6. The number of amides is 1. The van der Waals surface area contributed by atoms with Crippen LogP contribution in [0.1, 0.15) is 29.6 Å². The zero-order valence-electron chi connectivity index (χ0n) is 15.3. The third-order valence-electron chi connectivity index (χ3n) is 4.26. The molecule has 1 N–H and O–H groups in total. The smallest absolute Gasteiger partial charge is 0.387 e. The van der Waals surface area contributed by atoms with Crippen molar-refractivity contribution in [3.05, 3.63) is 52.5 Å². The normalized spacial score (nSPS) is 13.6. The van der Waals surface area contributed by atoms with Gasteiger partial charge in [0.15, 0.2) is 5.16 Å². The van der Waals surface area contributed by atoms with E-state index in [0.717, 1.165) is 30.2 Å². The number of benzene rings is 1. The van der Waals surface area contributed by atoms with E-state index in [4.69, 9.17) is 0 Å². The predicted molar refractivity (Wildman–Crippen MR) is 108 cm³/mol. The van der Waals surface area contributed by atoms with Gasteiger partial charge in [0.2, 0.25) is 5.91 Å². The Bertz CT molecular complexity index is 957. The number of carbonyl (C=O) groups is 1. The summed E-state index contributed by atoms with van der Waals surface area (Å²) in [6, 6.07) is 10.3. The molecule has 0 atom stereocenters. The number of thioether (sulfide) groups is 1. The Morgan fingerprint density at radius 2 is 2.07 bits per heavy atom. The van der Waals surface area contributed by atoms with Crippen LogP contribution in [-0.2, 0) is 11.2 Å². The molecule has 0 spiro atoms. The number of rotatable bonds is 9. The summed E-state index contributed by atoms with van der Waals surface area (Å²) in [5.41, 5.74) is 0.513. The van der Waals surface area contributed by atoms with Gasteiger partial charge in [-0.3, -0.25) is 4.79 Å². The minimum Gasteiger partial charge on any atom is -0.435 e. The van der Waals surface area contributed by atoms with E-state index in [0.29, 0.717) is 11.7 Å². The van der Waals surface area contributed by atoms with Gasteiger partial charge in [0.1, 0.15) is 11.6 Å². The van der Waals surface area contributed by atoms with Crippen molar-refractivity contribution in [2.75, 3.05) is 11.1 Å². The van der Waals surface area contributed by atoms with Gasteiger partial charge in [-0.05, 0) is 48.6 Å². The van der Waals surface area contributed by atoms with Crippen LogP contribution in [0, 0.1) is 0 Å². The predicted octanol–water partition coefficient (Wildman–Crippen LogP) is 4.60. The molecule has 29 heavy (non-hydrogen) atoms. The molecule has 2 heterocycles. The van der Waals surface area contributed by atoms with Gasteiger partial charge in [0.05, 0.1) is 5.75 Å². The van der Waals surface area contributed by atoms with Gasteiger partial charge in [-0.15, -0.1) is 21.5 Å². The van der Waals surface area contributed by atoms with Crippen LogP contribution >= 0.6 is 23.1 Å². The number of carbonyl (C=O) groups excluding carboxylic acids is 1. The number of ether oxygens (including phenoxy) is 1. The molecule has 6 nitrogen and oxygen atoms in total. The van der Waals surface area contributed by atoms with E-state index in [9.17, 15) is 13.6 Å². The minimum atomic E-state index is -2.87. The summed E-state index contributed by atoms with van der Waals surface area (Å²) in [5.74, 6) is 0.942. The van der Waals surface area contributed by atoms with E-state index in [-0.39, 0.29) is 17.4 Å². The van der Waals surface area contributed by atoms with Gasteiger partial charge in [-0.1, -0.05) is 17.8 Å². The van der Waals surface area contributed by atoms with Crippen molar-refractivity contribution in [2.45, 2.75) is 37.1 Å². The minimum absolute atomic E-state index is 0.0446. The highest BCUT2D eigenvalue weighted by atomic mass is 32.2. The Morgan fingerprint density at radius 3 is 2.72 bits per heavy atom. The van der Waals surface area contributed by atoms with Gasteiger partial charge in [-0.2, -0.15) is 8.78 Å². The molecule has 0 radical (unpaired) electrons. The number of nitrogens with one attached hydrogen (secondary N) is 1. The van der Waals surface area contributed by atoms with E-state index in [1.807, 2.05) is 11.4 Å². The zero-order valence-corrected chi connectivity index (χ0v) is 16.9. The lowest BCUT2D eigenvalue weighted by atomic mass is 10.3. The van der Waals surface area contributed by atoms with Crippen LogP contribution in [0.15, 0.2) is 46.9 Å². The lowest BCUT2D eigenvalue weighted by Gasteiger charge is -2.09. The molecule has 0 aliphatic heterocycles. The van der Waals surface area contributed by atoms with Gasteiger partial charge >= 0.3 is 6.61 Å². The van der Waals surface area contributed by atoms with Crippen LogP contribution in [0.3, 0.4) is 0 Å². The maximum atomic E-state index is 12.3. The average Bonchev–Trinajstić information content (AvgIpc) is 3.24. The molecular formula is C19H18F2N4O2S2. The van der Waals surface area contributed by atoms with Gasteiger partial charge in [0.25, 0.3) is 0 Å². The molecule has 0 unspecified atom stereocenters. The molecule has 152 valence electrons. The summed E-state index contributed by atoms with van der Waals surface area (Å²) >= 11 is 3.03. The molecule has 1 aromatic carbocycles. The van der Waals surface area contributed by atoms with Crippen LogP contribution in [-0.4, -0.2) is 33.0 Å². The number of nitrogens with zero attached hydrogens (tertiary/aromatic N) is 3. The van der Waals surface area contributed by atoms with E-state index < -0.39 is 6.61 Å². The number of thiophene rings is 1. The lowest BCUT2D eigenvalue weighted by molar-refractivity contribution is -0.113. The van der Waals surface area contributed by atoms with E-state index in [1.165, 1.54) is 40.9 Å². The largest absolute Gasteiger partial charge is 0.435 e. The van der Waals surface area contributed by atoms with Crippen LogP contribution in [0.2, 0.25) is 0 Å². The van der Waals surface area contributed by atoms with E-state index >= 15 is 0 Å². The van der Waals surface area contributed by atoms with Crippen LogP contribution in [0.5, 0.6) is 5.75 Å². The Balaban J connectivity index is 1.35. The molecular weight excluding hydrogens is 418 g/mol. The lowest BCUT2D eigenvalue weighted by Crippen LogP contribution is -2.14. The standard InChI is InChI=1S/C19H18F2N4O2S2/c20-18(21)27-14-7-3-12(4-8-14)22-17(26)11-29-19-24-23-16(25(19)13-5-6-13)10-15-2-1-9-28-15/h1-4,7-9,13,18H,5-6,10-11H2,(H,22,26). The quantitative estimate of drug-likeness (QED) is 0.497. The number of aromatic nitrogens is 3. The molecule has 3 aromatic rings. The fourth-order valence-electron chi connectivity index (χ4n) is 2.84. The second-order valence-corrected chi connectivity index (χ2v) is 8.47. The molecule has 1 saturated carbocycles. The highest BCUT2D eigenvalue weighted by Gasteiger charge is 2.30. The van der Waals surface area contributed by atoms with Gasteiger partial charge in [0, 0.05) is 23.0 Å². The van der Waals surface area contributed by atoms with Crippen molar-refractivity contribution in [1.29, 1.82) is 0 Å². The van der Waals surface area contributed by atoms with Crippen molar-refractivity contribution in [3.63, 3.8) is 0 Å². The van der Waals surface area contributed by atoms with E-state index in [1.54, 1.807) is 11.3 Å². The fourth-order valence-corrected chi connectivity index (χ4v) is 4.37. The Labute approximate surface area is 174 Å². The Hall–Kier alpha value is -2.46. The summed E-state index contributed by atoms with van der Waals surface area (Å²) in [5, 5.41) is 14.2. The van der Waals surface area contributed by atoms with Crippen molar-refractivity contribution in [2.24, 2.45) is 0 Å². The van der Waals surface area contributed by atoms with Crippen LogP contribution in [0.25, 0.3) is 0 Å². The summed E-state index contributed by atoms with van der Waals surface area (Å²) in [4.78, 5) is 13.5. The summed E-state index contributed by atoms with van der Waals surface area (Å²) in [6.07, 6.45) is 2.94. The number of halogens is 2. The Morgan fingerprint density at radius 1 is 1.28 bits per heavy atom. The van der Waals surface area contributed by atoms with Crippen molar-refractivity contribution in [1.82, 2.24) is 14.8 Å². The maximum Gasteiger partial charge on any atom is 0.387 e. The topological polar surface area (TPSA) is 69.0 Å². The SMILES string of the molecule is O=C(CSc1nnc(Cc2cccs2)n1C1CC1)Nc1ccc(OC(F)F)cc1. The van der Waals surface area contributed by atoms with Crippen LogP contribution in [0.4, 0.5) is 14.5 Å². The first-order valence-corrected chi connectivity index (χ1v) is 10.9. The zero-order chi connectivity index (χ0) is 20.2. The molecule has 1 fully saturated rings. The first-order valence-electron chi connectivity index (χ1n) is 9.02. The highest BCUT2D eigenvalue weighted by molar-refractivity contribution is 7.99. The first kappa shape index (κ1) is 19.8. The maximum absolute atomic E-state index is 12.3. The highest BCUT2D eigenvalue weighted by Crippen LogP contribution is 2.39. The summed E-state index contributed by atoms with van der Waals surface area (Å²) < 4.78 is 30.8. The monoisotopic (exact) mass is 436 g/mol. The van der Waals surface area contributed by atoms with Crippen LogP contribution < -0.4 is 10.1 Å². The second-order valence-electron chi connectivity index (χ2n) is 6.50. The number of hydrogen-bond donors (Lipinski definition) is 1. The van der Waals surface area contributed by atoms with Gasteiger partial charge < -0.3 is 14.6 Å². The molecule has 1 aliphatic carbocycles. The number of anilines is 1. The molecule has 4 rings (SSSR count). The number of alkyl halides is 2. The first-order chi connectivity index (χ1) is 14.1. The molecule has 10 heteroatoms. The average molecular weight is 437 g/mol. The molecule has 0 bridgehead atoms. The molecule has 1 aliphatic rings. The second kappa shape index (κ2) is 8.91.